The van der Waals surface area contributed by atoms with Crippen LogP contribution in [0, 0.1) is 0 Å². The molecule has 1 heterocycles. The number of anilines is 2. The Balaban J connectivity index is 1.89. The van der Waals surface area contributed by atoms with Crippen molar-refractivity contribution in [2.75, 3.05) is 44.3 Å². The normalized spacial score (nSPS) is 19.5. The molecule has 27 heavy (non-hydrogen) atoms. The van der Waals surface area contributed by atoms with Crippen molar-refractivity contribution >= 4 is 24.6 Å². The molecule has 0 N–H and O–H groups in total. The van der Waals surface area contributed by atoms with E-state index in [2.05, 4.69) is 74.4 Å². The highest BCUT2D eigenvalue weighted by atomic mass is 31.1. The molecule has 0 radical (unpaired) electrons. The van der Waals surface area contributed by atoms with E-state index in [1.54, 1.807) is 0 Å². The van der Waals surface area contributed by atoms with Crippen LogP contribution in [0.2, 0.25) is 0 Å². The van der Waals surface area contributed by atoms with E-state index in [-0.39, 0.29) is 7.92 Å². The molecular formula is C23H31N2OP. The first-order valence-electron chi connectivity index (χ1n) is 10.1. The van der Waals surface area contributed by atoms with Gasteiger partial charge in [-0.1, -0.05) is 37.5 Å². The molecule has 0 saturated heterocycles. The minimum atomic E-state index is -0.246. The van der Waals surface area contributed by atoms with Crippen LogP contribution in [-0.4, -0.2) is 40.2 Å². The average molecular weight is 382 g/mol. The molecule has 1 fully saturated rings. The molecule has 0 aromatic heterocycles. The summed E-state index contributed by atoms with van der Waals surface area (Å²) < 4.78 is 6.23. The second-order valence-corrected chi connectivity index (χ2v) is 10.5. The van der Waals surface area contributed by atoms with Crippen molar-refractivity contribution in [2.24, 2.45) is 0 Å². The molecular weight excluding hydrogens is 351 g/mol. The lowest BCUT2D eigenvalue weighted by Crippen LogP contribution is -2.19. The number of ether oxygens (including phenoxy) is 1. The van der Waals surface area contributed by atoms with E-state index in [1.165, 1.54) is 59.9 Å². The first kappa shape index (κ1) is 18.6. The van der Waals surface area contributed by atoms with Gasteiger partial charge in [0.05, 0.1) is 0 Å². The number of hydrogen-bond donors (Lipinski definition) is 0. The highest BCUT2D eigenvalue weighted by Gasteiger charge is 2.35. The van der Waals surface area contributed by atoms with Gasteiger partial charge in [-0.3, -0.25) is 0 Å². The fourth-order valence-corrected chi connectivity index (χ4v) is 7.46. The Bertz CT molecular complexity index is 786. The van der Waals surface area contributed by atoms with Gasteiger partial charge in [-0.05, 0) is 50.2 Å². The minimum Gasteiger partial charge on any atom is -0.488 e. The van der Waals surface area contributed by atoms with Crippen LogP contribution in [0.5, 0.6) is 5.75 Å². The molecule has 0 bridgehead atoms. The van der Waals surface area contributed by atoms with Crippen molar-refractivity contribution in [1.82, 2.24) is 0 Å². The molecule has 1 unspecified atom stereocenters. The Morgan fingerprint density at radius 3 is 2.11 bits per heavy atom. The molecule has 2 aliphatic rings. The lowest BCUT2D eigenvalue weighted by Gasteiger charge is -2.30. The Morgan fingerprint density at radius 1 is 0.852 bits per heavy atom. The van der Waals surface area contributed by atoms with Gasteiger partial charge in [0.2, 0.25) is 0 Å². The number of rotatable bonds is 4. The van der Waals surface area contributed by atoms with Crippen molar-refractivity contribution < 1.29 is 4.74 Å². The summed E-state index contributed by atoms with van der Waals surface area (Å²) in [6.45, 7) is 0. The third-order valence-corrected chi connectivity index (χ3v) is 8.76. The van der Waals surface area contributed by atoms with E-state index in [0.717, 1.165) is 17.8 Å². The molecule has 0 spiro atoms. The highest BCUT2D eigenvalue weighted by Crippen LogP contribution is 2.55. The van der Waals surface area contributed by atoms with Crippen molar-refractivity contribution in [3.05, 3.63) is 36.4 Å². The first-order valence-corrected chi connectivity index (χ1v) is 11.7. The first-order chi connectivity index (χ1) is 13.1. The third kappa shape index (κ3) is 3.43. The molecule has 3 nitrogen and oxygen atoms in total. The molecule has 1 aliphatic heterocycles. The quantitative estimate of drug-likeness (QED) is 0.670. The zero-order valence-corrected chi connectivity index (χ0v) is 17.9. The van der Waals surface area contributed by atoms with Gasteiger partial charge in [0.15, 0.2) is 0 Å². The number of hydrogen-bond acceptors (Lipinski definition) is 3. The number of fused-ring (bicyclic) bond motifs is 1. The van der Waals surface area contributed by atoms with Crippen LogP contribution in [-0.2, 0) is 0 Å². The van der Waals surface area contributed by atoms with E-state index >= 15 is 0 Å². The molecule has 144 valence electrons. The summed E-state index contributed by atoms with van der Waals surface area (Å²) in [6.07, 6.45) is 7.84. The number of nitrogens with zero attached hydrogens (tertiary/aromatic N) is 2. The third-order valence-electron chi connectivity index (χ3n) is 5.91. The summed E-state index contributed by atoms with van der Waals surface area (Å²) in [4.78, 5) is 4.47. The maximum absolute atomic E-state index is 6.23. The van der Waals surface area contributed by atoms with E-state index in [4.69, 9.17) is 4.74 Å². The zero-order chi connectivity index (χ0) is 19.0. The monoisotopic (exact) mass is 382 g/mol. The molecule has 4 rings (SSSR count). The second kappa shape index (κ2) is 7.72. The molecule has 2 aromatic rings. The smallest absolute Gasteiger partial charge is 0.128 e. The molecule has 1 atom stereocenters. The maximum Gasteiger partial charge on any atom is 0.128 e. The van der Waals surface area contributed by atoms with Crippen LogP contribution in [0.1, 0.15) is 32.1 Å². The van der Waals surface area contributed by atoms with Gasteiger partial charge in [0.1, 0.15) is 12.1 Å². The highest BCUT2D eigenvalue weighted by molar-refractivity contribution is 7.67. The van der Waals surface area contributed by atoms with Crippen LogP contribution in [0.3, 0.4) is 0 Å². The summed E-state index contributed by atoms with van der Waals surface area (Å²) in [5.41, 5.74) is 6.11. The minimum absolute atomic E-state index is 0.246. The van der Waals surface area contributed by atoms with Gasteiger partial charge in [0.25, 0.3) is 0 Å². The Kier molecular flexibility index (Phi) is 5.32. The molecule has 1 saturated carbocycles. The Hall–Kier alpha value is -1.73. The zero-order valence-electron chi connectivity index (χ0n) is 17.0. The lowest BCUT2D eigenvalue weighted by atomic mass is 9.99. The second-order valence-electron chi connectivity index (χ2n) is 8.15. The standard InChI is InChI=1S/C23H31N2OP/c1-24(2)19-13-9-14-20(25(3)4)22(19)18-12-8-15-21-23(18)27(16-26-21)17-10-6-5-7-11-17/h8-9,12-15,17H,5-7,10-11,16H2,1-4H3. The predicted molar refractivity (Wildman–Crippen MR) is 119 cm³/mol. The lowest BCUT2D eigenvalue weighted by molar-refractivity contribution is 0.399. The van der Waals surface area contributed by atoms with Gasteiger partial charge in [-0.2, -0.15) is 0 Å². The van der Waals surface area contributed by atoms with Gasteiger partial charge in [0, 0.05) is 50.4 Å². The van der Waals surface area contributed by atoms with Crippen molar-refractivity contribution in [3.63, 3.8) is 0 Å². The van der Waals surface area contributed by atoms with Crippen LogP contribution in [0.15, 0.2) is 36.4 Å². The SMILES string of the molecule is CN(C)c1cccc(N(C)C)c1-c1cccc2c1P(C1CCCCC1)CO2. The topological polar surface area (TPSA) is 15.7 Å². The van der Waals surface area contributed by atoms with Crippen LogP contribution in [0.4, 0.5) is 11.4 Å². The van der Waals surface area contributed by atoms with Crippen LogP contribution in [0.25, 0.3) is 11.1 Å². The van der Waals surface area contributed by atoms with Crippen molar-refractivity contribution in [1.29, 1.82) is 0 Å². The summed E-state index contributed by atoms with van der Waals surface area (Å²) in [5.74, 6) is 1.13. The molecule has 0 amide bonds. The fourth-order valence-electron chi connectivity index (χ4n) is 4.57. The Morgan fingerprint density at radius 2 is 1.48 bits per heavy atom. The van der Waals surface area contributed by atoms with Gasteiger partial charge in [-0.25, -0.2) is 0 Å². The number of benzene rings is 2. The van der Waals surface area contributed by atoms with Crippen LogP contribution >= 0.6 is 7.92 Å². The van der Waals surface area contributed by atoms with Crippen molar-refractivity contribution in [2.45, 2.75) is 37.8 Å². The summed E-state index contributed by atoms with van der Waals surface area (Å²) in [6, 6.07) is 13.3. The summed E-state index contributed by atoms with van der Waals surface area (Å²) in [5, 5.41) is 1.51. The van der Waals surface area contributed by atoms with E-state index in [0.29, 0.717) is 0 Å². The van der Waals surface area contributed by atoms with E-state index in [1.807, 2.05) is 0 Å². The molecule has 2 aromatic carbocycles. The van der Waals surface area contributed by atoms with Gasteiger partial charge in [-0.15, -0.1) is 0 Å². The van der Waals surface area contributed by atoms with Crippen molar-refractivity contribution in [3.8, 4) is 16.9 Å². The molecule has 4 heteroatoms. The van der Waals surface area contributed by atoms with Gasteiger partial charge >= 0.3 is 0 Å². The average Bonchev–Trinajstić information content (AvgIpc) is 3.12. The fraction of sp³-hybridized carbons (Fsp3) is 0.478. The largest absolute Gasteiger partial charge is 0.488 e. The summed E-state index contributed by atoms with van der Waals surface area (Å²) in [7, 11) is 8.32. The van der Waals surface area contributed by atoms with E-state index in [9.17, 15) is 0 Å². The summed E-state index contributed by atoms with van der Waals surface area (Å²) >= 11 is 0. The van der Waals surface area contributed by atoms with Gasteiger partial charge < -0.3 is 14.5 Å². The molecule has 1 aliphatic carbocycles. The predicted octanol–water partition coefficient (Wildman–Crippen LogP) is 5.28. The van der Waals surface area contributed by atoms with Crippen LogP contribution < -0.4 is 19.8 Å². The Labute approximate surface area is 165 Å². The maximum atomic E-state index is 6.23. The van der Waals surface area contributed by atoms with E-state index < -0.39 is 0 Å².